The Morgan fingerprint density at radius 2 is 1.73 bits per heavy atom. The van der Waals surface area contributed by atoms with Crippen LogP contribution < -0.4 is 19.6 Å². The molecule has 3 aromatic carbocycles. The molecular formula is C30H18BrCl4F3N2O4S. The van der Waals surface area contributed by atoms with Gasteiger partial charge in [0.05, 0.1) is 27.2 Å². The summed E-state index contributed by atoms with van der Waals surface area (Å²) in [7, 11) is 0. The Kier molecular flexibility index (Phi) is 10.1. The second-order valence-electron chi connectivity index (χ2n) is 9.45. The van der Waals surface area contributed by atoms with Crippen molar-refractivity contribution < 1.29 is 27.4 Å². The first kappa shape index (κ1) is 33.6. The first-order valence-electron chi connectivity index (χ1n) is 12.9. The minimum absolute atomic E-state index is 0.00267. The van der Waals surface area contributed by atoms with E-state index in [0.29, 0.717) is 47.0 Å². The summed E-state index contributed by atoms with van der Waals surface area (Å²) in [4.78, 5) is 30.5. The molecule has 0 radical (unpaired) electrons. The fourth-order valence-electron chi connectivity index (χ4n) is 4.57. The van der Waals surface area contributed by atoms with E-state index in [2.05, 4.69) is 20.9 Å². The predicted molar refractivity (Wildman–Crippen MR) is 172 cm³/mol. The van der Waals surface area contributed by atoms with Crippen LogP contribution in [0.3, 0.4) is 0 Å². The average molecular weight is 781 g/mol. The lowest BCUT2D eigenvalue weighted by Crippen LogP contribution is -2.41. The SMILES string of the molecule is CCOC(=O)C1=C(C(F)(F)F)N=c2s/c(=C\c3cc(Cl)cc(Br)c3OCc3ccc(Cl)cc3Cl)c(=O)n2[C@@H]1c1ccc(Cl)cc1. The molecule has 0 saturated carbocycles. The highest BCUT2D eigenvalue weighted by molar-refractivity contribution is 9.10. The highest BCUT2D eigenvalue weighted by Crippen LogP contribution is 2.39. The Hall–Kier alpha value is -2.80. The zero-order valence-corrected chi connectivity index (χ0v) is 28.2. The van der Waals surface area contributed by atoms with Gasteiger partial charge in [0.1, 0.15) is 12.4 Å². The minimum Gasteiger partial charge on any atom is -0.487 e. The van der Waals surface area contributed by atoms with Crippen LogP contribution in [0.15, 0.2) is 80.1 Å². The molecule has 4 aromatic rings. The van der Waals surface area contributed by atoms with Crippen LogP contribution in [0.4, 0.5) is 13.2 Å². The van der Waals surface area contributed by atoms with Crippen molar-refractivity contribution in [3.8, 4) is 5.75 Å². The zero-order chi connectivity index (χ0) is 32.6. The summed E-state index contributed by atoms with van der Waals surface area (Å²) >= 11 is 28.8. The van der Waals surface area contributed by atoms with Gasteiger partial charge in [-0.1, -0.05) is 75.9 Å². The number of carbonyl (C=O) groups is 1. The number of thiazole rings is 1. The highest BCUT2D eigenvalue weighted by Gasteiger charge is 2.45. The van der Waals surface area contributed by atoms with Gasteiger partial charge in [-0.05, 0) is 70.9 Å². The number of alkyl halides is 3. The summed E-state index contributed by atoms with van der Waals surface area (Å²) in [6.45, 7) is 1.29. The molecular weight excluding hydrogens is 763 g/mol. The van der Waals surface area contributed by atoms with Gasteiger partial charge in [-0.15, -0.1) is 0 Å². The fourth-order valence-corrected chi connectivity index (χ4v) is 7.10. The fraction of sp³-hybridized carbons (Fsp3) is 0.167. The van der Waals surface area contributed by atoms with Gasteiger partial charge < -0.3 is 9.47 Å². The van der Waals surface area contributed by atoms with E-state index < -0.39 is 35.0 Å². The molecule has 0 spiro atoms. The van der Waals surface area contributed by atoms with Crippen LogP contribution in [-0.4, -0.2) is 23.3 Å². The van der Waals surface area contributed by atoms with Gasteiger partial charge in [-0.25, -0.2) is 9.79 Å². The first-order chi connectivity index (χ1) is 21.3. The van der Waals surface area contributed by atoms with Crippen LogP contribution in [0.1, 0.15) is 29.7 Å². The molecule has 5 rings (SSSR count). The molecule has 45 heavy (non-hydrogen) atoms. The van der Waals surface area contributed by atoms with Crippen molar-refractivity contribution in [1.29, 1.82) is 0 Å². The van der Waals surface area contributed by atoms with Gasteiger partial charge in [0.2, 0.25) is 0 Å². The Balaban J connectivity index is 1.71. The standard InChI is InChI=1S/C30H18BrCl4F3N2O4S/c1-2-43-28(42)23-24(14-3-6-17(32)7-4-14)40-27(41)22(45-29(40)39-26(23)30(36,37)38)10-16-9-19(34)11-20(31)25(16)44-13-15-5-8-18(33)12-21(15)35/h3-12,24H,2,13H2,1H3/b22-10-/t24-/m1/s1. The number of hydrogen-bond donors (Lipinski definition) is 0. The first-order valence-corrected chi connectivity index (χ1v) is 16.0. The van der Waals surface area contributed by atoms with Crippen molar-refractivity contribution in [3.63, 3.8) is 0 Å². The molecule has 0 amide bonds. The lowest BCUT2D eigenvalue weighted by molar-refractivity contribution is -0.140. The van der Waals surface area contributed by atoms with E-state index in [-0.39, 0.29) is 33.9 Å². The maximum absolute atomic E-state index is 14.4. The van der Waals surface area contributed by atoms with Crippen molar-refractivity contribution in [3.05, 3.63) is 127 Å². The van der Waals surface area contributed by atoms with Crippen molar-refractivity contribution in [2.24, 2.45) is 4.99 Å². The number of halogens is 8. The van der Waals surface area contributed by atoms with Crippen LogP contribution in [0.25, 0.3) is 6.08 Å². The van der Waals surface area contributed by atoms with Gasteiger partial charge >= 0.3 is 12.1 Å². The maximum atomic E-state index is 14.4. The van der Waals surface area contributed by atoms with Gasteiger partial charge in [0.15, 0.2) is 10.5 Å². The van der Waals surface area contributed by atoms with Crippen LogP contribution in [0.2, 0.25) is 20.1 Å². The number of nitrogens with zero attached hydrogens (tertiary/aromatic N) is 2. The van der Waals surface area contributed by atoms with Crippen molar-refractivity contribution >= 4 is 85.7 Å². The topological polar surface area (TPSA) is 69.9 Å². The summed E-state index contributed by atoms with van der Waals surface area (Å²) < 4.78 is 55.7. The highest BCUT2D eigenvalue weighted by atomic mass is 79.9. The molecule has 2 heterocycles. The smallest absolute Gasteiger partial charge is 0.434 e. The molecule has 0 bridgehead atoms. The number of aromatic nitrogens is 1. The minimum atomic E-state index is -5.04. The van der Waals surface area contributed by atoms with E-state index in [9.17, 15) is 22.8 Å². The van der Waals surface area contributed by atoms with E-state index in [1.807, 2.05) is 0 Å². The molecule has 0 unspecified atom stereocenters. The van der Waals surface area contributed by atoms with E-state index >= 15 is 0 Å². The number of hydrogen-bond acceptors (Lipinski definition) is 6. The van der Waals surface area contributed by atoms with E-state index in [1.54, 1.807) is 24.3 Å². The number of carbonyl (C=O) groups excluding carboxylic acids is 1. The van der Waals surface area contributed by atoms with Crippen LogP contribution >= 0.6 is 73.7 Å². The summed E-state index contributed by atoms with van der Waals surface area (Å²) in [6, 6.07) is 12.3. The molecule has 0 saturated heterocycles. The van der Waals surface area contributed by atoms with E-state index in [0.717, 1.165) is 4.57 Å². The summed E-state index contributed by atoms with van der Waals surface area (Å²) in [6.07, 6.45) is -3.61. The number of allylic oxidation sites excluding steroid dienone is 1. The lowest BCUT2D eigenvalue weighted by Gasteiger charge is -2.26. The summed E-state index contributed by atoms with van der Waals surface area (Å²) in [5.41, 5.74) is -1.82. The number of ether oxygens (including phenoxy) is 2. The van der Waals surface area contributed by atoms with Crippen LogP contribution in [0, 0.1) is 0 Å². The molecule has 1 aliphatic heterocycles. The quantitative estimate of drug-likeness (QED) is 0.177. The normalized spacial score (nSPS) is 15.1. The number of esters is 1. The third kappa shape index (κ3) is 7.13. The van der Waals surface area contributed by atoms with Gasteiger partial charge in [0, 0.05) is 31.2 Å². The van der Waals surface area contributed by atoms with Crippen LogP contribution in [-0.2, 0) is 16.1 Å². The molecule has 1 atom stereocenters. The molecule has 15 heteroatoms. The Morgan fingerprint density at radius 3 is 2.38 bits per heavy atom. The molecule has 0 fully saturated rings. The van der Waals surface area contributed by atoms with Crippen molar-refractivity contribution in [2.75, 3.05) is 6.61 Å². The molecule has 234 valence electrons. The largest absolute Gasteiger partial charge is 0.487 e. The van der Waals surface area contributed by atoms with E-state index in [4.69, 9.17) is 55.9 Å². The van der Waals surface area contributed by atoms with Crippen molar-refractivity contribution in [2.45, 2.75) is 25.7 Å². The molecule has 1 aromatic heterocycles. The Labute approximate surface area is 286 Å². The van der Waals surface area contributed by atoms with Gasteiger partial charge in [-0.2, -0.15) is 13.2 Å². The van der Waals surface area contributed by atoms with E-state index in [1.165, 1.54) is 43.3 Å². The van der Waals surface area contributed by atoms with Crippen LogP contribution in [0.5, 0.6) is 5.75 Å². The predicted octanol–water partition coefficient (Wildman–Crippen LogP) is 8.30. The Bertz CT molecular complexity index is 2030. The summed E-state index contributed by atoms with van der Waals surface area (Å²) in [5.74, 6) is -0.966. The van der Waals surface area contributed by atoms with Gasteiger partial charge in [-0.3, -0.25) is 9.36 Å². The van der Waals surface area contributed by atoms with Gasteiger partial charge in [0.25, 0.3) is 5.56 Å². The maximum Gasteiger partial charge on any atom is 0.434 e. The number of rotatable bonds is 7. The lowest BCUT2D eigenvalue weighted by atomic mass is 9.95. The monoisotopic (exact) mass is 778 g/mol. The second kappa shape index (κ2) is 13.5. The average Bonchev–Trinajstić information content (AvgIpc) is 3.27. The third-order valence-electron chi connectivity index (χ3n) is 6.49. The van der Waals surface area contributed by atoms with Crippen molar-refractivity contribution in [1.82, 2.24) is 4.57 Å². The molecule has 0 N–H and O–H groups in total. The number of benzene rings is 3. The second-order valence-corrected chi connectivity index (χ2v) is 13.0. The number of fused-ring (bicyclic) bond motifs is 1. The zero-order valence-electron chi connectivity index (χ0n) is 22.7. The molecule has 0 aliphatic carbocycles. The molecule has 6 nitrogen and oxygen atoms in total. The third-order valence-corrected chi connectivity index (χ3v) is 9.12. The Morgan fingerprint density at radius 1 is 1.04 bits per heavy atom. The summed E-state index contributed by atoms with van der Waals surface area (Å²) in [5, 5.41) is 1.43. The molecule has 1 aliphatic rings.